The Morgan fingerprint density at radius 2 is 1.81 bits per heavy atom. The highest BCUT2D eigenvalue weighted by Crippen LogP contribution is 2.35. The number of carboxylic acid groups (broad SMARTS) is 1. The minimum atomic E-state index is -4.50. The van der Waals surface area contributed by atoms with Crippen LogP contribution in [0.15, 0.2) is 24.3 Å². The van der Waals surface area contributed by atoms with Crippen LogP contribution in [-0.4, -0.2) is 42.3 Å². The van der Waals surface area contributed by atoms with Crippen LogP contribution >= 0.6 is 0 Å². The van der Waals surface area contributed by atoms with Gasteiger partial charge in [0.15, 0.2) is 0 Å². The maximum atomic E-state index is 12.8. The summed E-state index contributed by atoms with van der Waals surface area (Å²) in [6.07, 6.45) is -4.50. The highest BCUT2D eigenvalue weighted by atomic mass is 19.4. The van der Waals surface area contributed by atoms with Crippen molar-refractivity contribution in [1.29, 1.82) is 0 Å². The second-order valence-electron chi connectivity index (χ2n) is 5.06. The molecule has 0 radical (unpaired) electrons. The SMILES string of the molecule is CC(C(=O)O)(c1cccc(C(F)(F)F)c1)N1CCOCC1. The lowest BCUT2D eigenvalue weighted by atomic mass is 9.88. The predicted octanol–water partition coefficient (Wildman–Crippen LogP) is 2.34. The maximum Gasteiger partial charge on any atom is 0.416 e. The van der Waals surface area contributed by atoms with Crippen molar-refractivity contribution in [1.82, 2.24) is 4.90 Å². The van der Waals surface area contributed by atoms with Crippen LogP contribution in [0.4, 0.5) is 13.2 Å². The molecule has 0 spiro atoms. The standard InChI is InChI=1S/C14H16F3NO3/c1-13(12(19)20,18-5-7-21-8-6-18)10-3-2-4-11(9-10)14(15,16)17/h2-4,9H,5-8H2,1H3,(H,19,20). The molecule has 0 amide bonds. The summed E-state index contributed by atoms with van der Waals surface area (Å²) < 4.78 is 43.6. The van der Waals surface area contributed by atoms with Crippen LogP contribution in [0.25, 0.3) is 0 Å². The third kappa shape index (κ3) is 3.03. The molecule has 0 saturated carbocycles. The molecule has 4 nitrogen and oxygen atoms in total. The lowest BCUT2D eigenvalue weighted by molar-refractivity contribution is -0.155. The summed E-state index contributed by atoms with van der Waals surface area (Å²) in [5, 5.41) is 9.57. The van der Waals surface area contributed by atoms with Crippen molar-refractivity contribution < 1.29 is 27.8 Å². The molecular formula is C14H16F3NO3. The van der Waals surface area contributed by atoms with E-state index >= 15 is 0 Å². The zero-order chi connectivity index (χ0) is 15.7. The Kier molecular flexibility index (Phi) is 4.25. The van der Waals surface area contributed by atoms with Crippen LogP contribution < -0.4 is 0 Å². The van der Waals surface area contributed by atoms with E-state index in [0.29, 0.717) is 26.3 Å². The summed E-state index contributed by atoms with van der Waals surface area (Å²) in [6.45, 7) is 2.87. The van der Waals surface area contributed by atoms with Gasteiger partial charge in [0.25, 0.3) is 0 Å². The molecule has 1 atom stereocenters. The Bertz CT molecular complexity index is 526. The first-order chi connectivity index (χ1) is 9.76. The van der Waals surface area contributed by atoms with E-state index in [0.717, 1.165) is 12.1 Å². The first-order valence-corrected chi connectivity index (χ1v) is 6.50. The van der Waals surface area contributed by atoms with Gasteiger partial charge in [-0.1, -0.05) is 12.1 Å². The molecule has 1 aromatic rings. The molecular weight excluding hydrogens is 287 g/mol. The van der Waals surface area contributed by atoms with Gasteiger partial charge >= 0.3 is 12.1 Å². The van der Waals surface area contributed by atoms with Crippen LogP contribution in [0, 0.1) is 0 Å². The quantitative estimate of drug-likeness (QED) is 0.931. The highest BCUT2D eigenvalue weighted by molar-refractivity contribution is 5.80. The van der Waals surface area contributed by atoms with E-state index in [1.807, 2.05) is 0 Å². The molecule has 1 aliphatic rings. The molecule has 0 bridgehead atoms. The Labute approximate surface area is 120 Å². The van der Waals surface area contributed by atoms with Crippen LogP contribution in [0.3, 0.4) is 0 Å². The van der Waals surface area contributed by atoms with Crippen molar-refractivity contribution in [3.63, 3.8) is 0 Å². The minimum absolute atomic E-state index is 0.117. The summed E-state index contributed by atoms with van der Waals surface area (Å²) >= 11 is 0. The highest BCUT2D eigenvalue weighted by Gasteiger charge is 2.43. The van der Waals surface area contributed by atoms with E-state index in [1.165, 1.54) is 19.1 Å². The maximum absolute atomic E-state index is 12.8. The normalized spacial score (nSPS) is 20.0. The molecule has 2 rings (SSSR count). The molecule has 1 aromatic carbocycles. The Morgan fingerprint density at radius 3 is 2.33 bits per heavy atom. The average molecular weight is 303 g/mol. The number of hydrogen-bond donors (Lipinski definition) is 1. The smallest absolute Gasteiger partial charge is 0.416 e. The van der Waals surface area contributed by atoms with Gasteiger partial charge in [0.1, 0.15) is 5.54 Å². The third-order valence-corrected chi connectivity index (χ3v) is 3.81. The number of alkyl halides is 3. The number of carbonyl (C=O) groups is 1. The molecule has 7 heteroatoms. The Morgan fingerprint density at radius 1 is 1.24 bits per heavy atom. The van der Waals surface area contributed by atoms with E-state index < -0.39 is 23.2 Å². The lowest BCUT2D eigenvalue weighted by Crippen LogP contribution is -2.54. The van der Waals surface area contributed by atoms with Gasteiger partial charge in [0.05, 0.1) is 18.8 Å². The summed E-state index contributed by atoms with van der Waals surface area (Å²) in [6, 6.07) is 4.49. The molecule has 21 heavy (non-hydrogen) atoms. The number of aliphatic carboxylic acids is 1. The molecule has 0 aliphatic carbocycles. The Hall–Kier alpha value is -1.60. The van der Waals surface area contributed by atoms with Gasteiger partial charge in [-0.05, 0) is 24.6 Å². The van der Waals surface area contributed by atoms with Crippen LogP contribution in [0.2, 0.25) is 0 Å². The molecule has 1 N–H and O–H groups in total. The second-order valence-corrected chi connectivity index (χ2v) is 5.06. The van der Waals surface area contributed by atoms with E-state index in [1.54, 1.807) is 4.90 Å². The number of morpholine rings is 1. The number of halogens is 3. The summed E-state index contributed by atoms with van der Waals surface area (Å²) in [4.78, 5) is 13.4. The zero-order valence-corrected chi connectivity index (χ0v) is 11.5. The molecule has 1 fully saturated rings. The van der Waals surface area contributed by atoms with Crippen molar-refractivity contribution in [3.8, 4) is 0 Å². The van der Waals surface area contributed by atoms with Crippen LogP contribution in [0.1, 0.15) is 18.1 Å². The van der Waals surface area contributed by atoms with Gasteiger partial charge in [0.2, 0.25) is 0 Å². The zero-order valence-electron chi connectivity index (χ0n) is 11.5. The van der Waals surface area contributed by atoms with Gasteiger partial charge < -0.3 is 9.84 Å². The number of carboxylic acids is 1. The average Bonchev–Trinajstić information content (AvgIpc) is 2.46. The topological polar surface area (TPSA) is 49.8 Å². The number of rotatable bonds is 3. The molecule has 1 aliphatic heterocycles. The fourth-order valence-electron chi connectivity index (χ4n) is 2.45. The fourth-order valence-corrected chi connectivity index (χ4v) is 2.45. The van der Waals surface area contributed by atoms with Gasteiger partial charge in [-0.2, -0.15) is 13.2 Å². The van der Waals surface area contributed by atoms with E-state index in [2.05, 4.69) is 0 Å². The van der Waals surface area contributed by atoms with E-state index in [4.69, 9.17) is 4.74 Å². The first-order valence-electron chi connectivity index (χ1n) is 6.50. The Balaban J connectivity index is 2.45. The number of hydrogen-bond acceptors (Lipinski definition) is 3. The van der Waals surface area contributed by atoms with Crippen molar-refractivity contribution in [2.45, 2.75) is 18.6 Å². The van der Waals surface area contributed by atoms with Gasteiger partial charge in [0, 0.05) is 13.1 Å². The van der Waals surface area contributed by atoms with Crippen molar-refractivity contribution in [3.05, 3.63) is 35.4 Å². The second kappa shape index (κ2) is 5.65. The molecule has 0 aromatic heterocycles. The van der Waals surface area contributed by atoms with Gasteiger partial charge in [-0.3, -0.25) is 4.90 Å². The van der Waals surface area contributed by atoms with E-state index in [-0.39, 0.29) is 5.56 Å². The number of ether oxygens (including phenoxy) is 1. The van der Waals surface area contributed by atoms with E-state index in [9.17, 15) is 23.1 Å². The van der Waals surface area contributed by atoms with Crippen molar-refractivity contribution >= 4 is 5.97 Å². The molecule has 1 heterocycles. The van der Waals surface area contributed by atoms with Crippen LogP contribution in [-0.2, 0) is 21.2 Å². The van der Waals surface area contributed by atoms with Crippen molar-refractivity contribution in [2.24, 2.45) is 0 Å². The largest absolute Gasteiger partial charge is 0.480 e. The van der Waals surface area contributed by atoms with Crippen LogP contribution in [0.5, 0.6) is 0 Å². The summed E-state index contributed by atoms with van der Waals surface area (Å²) in [5.74, 6) is -1.18. The predicted molar refractivity (Wildman–Crippen MR) is 68.8 cm³/mol. The fraction of sp³-hybridized carbons (Fsp3) is 0.500. The van der Waals surface area contributed by atoms with Crippen molar-refractivity contribution in [2.75, 3.05) is 26.3 Å². The van der Waals surface area contributed by atoms with Gasteiger partial charge in [-0.15, -0.1) is 0 Å². The number of nitrogens with zero attached hydrogens (tertiary/aromatic N) is 1. The molecule has 1 saturated heterocycles. The molecule has 116 valence electrons. The molecule has 1 unspecified atom stereocenters. The third-order valence-electron chi connectivity index (χ3n) is 3.81. The minimum Gasteiger partial charge on any atom is -0.480 e. The summed E-state index contributed by atoms with van der Waals surface area (Å²) in [7, 11) is 0. The lowest BCUT2D eigenvalue weighted by Gasteiger charge is -2.40. The monoisotopic (exact) mass is 303 g/mol. The first kappa shape index (κ1) is 15.8. The number of benzene rings is 1. The summed E-state index contributed by atoms with van der Waals surface area (Å²) in [5.41, 5.74) is -2.24. The van der Waals surface area contributed by atoms with Gasteiger partial charge in [-0.25, -0.2) is 4.79 Å².